The van der Waals surface area contributed by atoms with Crippen LogP contribution in [-0.4, -0.2) is 23.2 Å². The van der Waals surface area contributed by atoms with E-state index < -0.39 is 29.8 Å². The lowest BCUT2D eigenvalue weighted by molar-refractivity contribution is -0.137. The summed E-state index contributed by atoms with van der Waals surface area (Å²) >= 11 is 0. The van der Waals surface area contributed by atoms with Crippen molar-refractivity contribution in [2.75, 3.05) is 0 Å². The molecule has 2 aromatic carbocycles. The fourth-order valence-electron chi connectivity index (χ4n) is 2.44. The summed E-state index contributed by atoms with van der Waals surface area (Å²) in [5, 5.41) is 12.3. The zero-order chi connectivity index (χ0) is 20.7. The van der Waals surface area contributed by atoms with Crippen molar-refractivity contribution in [3.63, 3.8) is 0 Å². The van der Waals surface area contributed by atoms with Crippen LogP contribution >= 0.6 is 0 Å². The fourth-order valence-corrected chi connectivity index (χ4v) is 2.44. The quantitative estimate of drug-likeness (QED) is 0.641. The molecule has 0 aliphatic heterocycles. The van der Waals surface area contributed by atoms with Gasteiger partial charge in [0.25, 0.3) is 0 Å². The SMILES string of the molecule is CCC(O)C(N)C(=O)NCc1cccc(OCc2ccc(C(F)(F)F)cc2)c1. The molecule has 5 nitrogen and oxygen atoms in total. The fraction of sp³-hybridized carbons (Fsp3) is 0.350. The first-order valence-electron chi connectivity index (χ1n) is 8.80. The molecule has 2 unspecified atom stereocenters. The summed E-state index contributed by atoms with van der Waals surface area (Å²) in [6.45, 7) is 2.05. The summed E-state index contributed by atoms with van der Waals surface area (Å²) in [7, 11) is 0. The van der Waals surface area contributed by atoms with Crippen LogP contribution < -0.4 is 15.8 Å². The van der Waals surface area contributed by atoms with Gasteiger partial charge in [-0.1, -0.05) is 31.2 Å². The standard InChI is InChI=1S/C20H23F3N2O3/c1-2-17(26)18(24)19(27)25-11-14-4-3-5-16(10-14)28-12-13-6-8-15(9-7-13)20(21,22)23/h3-10,17-18,26H,2,11-12,24H2,1H3,(H,25,27). The van der Waals surface area contributed by atoms with Crippen LogP contribution in [0, 0.1) is 0 Å². The van der Waals surface area contributed by atoms with Gasteiger partial charge in [-0.15, -0.1) is 0 Å². The number of hydrogen-bond acceptors (Lipinski definition) is 4. The van der Waals surface area contributed by atoms with Crippen molar-refractivity contribution < 1.29 is 27.8 Å². The van der Waals surface area contributed by atoms with E-state index in [2.05, 4.69) is 5.32 Å². The van der Waals surface area contributed by atoms with Crippen LogP contribution in [-0.2, 0) is 24.1 Å². The van der Waals surface area contributed by atoms with E-state index in [1.165, 1.54) is 12.1 Å². The van der Waals surface area contributed by atoms with Gasteiger partial charge < -0.3 is 20.9 Å². The molecule has 0 saturated carbocycles. The number of nitrogens with one attached hydrogen (secondary N) is 1. The molecule has 0 bridgehead atoms. The zero-order valence-electron chi connectivity index (χ0n) is 15.4. The van der Waals surface area contributed by atoms with E-state index in [-0.39, 0.29) is 13.2 Å². The van der Waals surface area contributed by atoms with Gasteiger partial charge in [0, 0.05) is 6.54 Å². The Morgan fingerprint density at radius 1 is 1.18 bits per heavy atom. The maximum atomic E-state index is 12.6. The molecule has 0 saturated heterocycles. The molecular weight excluding hydrogens is 373 g/mol. The maximum Gasteiger partial charge on any atom is 0.416 e. The second kappa shape index (κ2) is 9.57. The number of rotatable bonds is 8. The Bertz CT molecular complexity index is 779. The Balaban J connectivity index is 1.90. The Morgan fingerprint density at radius 3 is 2.46 bits per heavy atom. The first-order chi connectivity index (χ1) is 13.2. The Hall–Kier alpha value is -2.58. The van der Waals surface area contributed by atoms with Crippen LogP contribution in [0.3, 0.4) is 0 Å². The summed E-state index contributed by atoms with van der Waals surface area (Å²) < 4.78 is 43.3. The number of aliphatic hydroxyl groups excluding tert-OH is 1. The molecule has 2 aromatic rings. The maximum absolute atomic E-state index is 12.6. The second-order valence-corrected chi connectivity index (χ2v) is 6.35. The second-order valence-electron chi connectivity index (χ2n) is 6.35. The number of benzene rings is 2. The van der Waals surface area contributed by atoms with Crippen molar-refractivity contribution >= 4 is 5.91 Å². The van der Waals surface area contributed by atoms with Gasteiger partial charge in [0.1, 0.15) is 18.4 Å². The van der Waals surface area contributed by atoms with E-state index in [1.807, 2.05) is 0 Å². The number of alkyl halides is 3. The third-order valence-electron chi connectivity index (χ3n) is 4.19. The lowest BCUT2D eigenvalue weighted by Crippen LogP contribution is -2.47. The van der Waals surface area contributed by atoms with E-state index in [4.69, 9.17) is 10.5 Å². The third kappa shape index (κ3) is 6.24. The first kappa shape index (κ1) is 21.7. The predicted octanol–water partition coefficient (Wildman–Crippen LogP) is 3.00. The van der Waals surface area contributed by atoms with Crippen LogP contribution in [0.5, 0.6) is 5.75 Å². The molecule has 0 fully saturated rings. The molecule has 8 heteroatoms. The van der Waals surface area contributed by atoms with Gasteiger partial charge in [0.05, 0.1) is 11.7 Å². The summed E-state index contributed by atoms with van der Waals surface area (Å²) in [6.07, 6.45) is -4.89. The highest BCUT2D eigenvalue weighted by Crippen LogP contribution is 2.29. The van der Waals surface area contributed by atoms with Gasteiger partial charge >= 0.3 is 6.18 Å². The monoisotopic (exact) mass is 396 g/mol. The van der Waals surface area contributed by atoms with Crippen LogP contribution in [0.25, 0.3) is 0 Å². The number of ether oxygens (including phenoxy) is 1. The zero-order valence-corrected chi connectivity index (χ0v) is 15.4. The van der Waals surface area contributed by atoms with E-state index in [0.717, 1.165) is 17.7 Å². The minimum atomic E-state index is -4.37. The van der Waals surface area contributed by atoms with Crippen LogP contribution in [0.4, 0.5) is 13.2 Å². The molecule has 1 amide bonds. The van der Waals surface area contributed by atoms with Crippen molar-refractivity contribution in [1.82, 2.24) is 5.32 Å². The predicted molar refractivity (Wildman–Crippen MR) is 98.3 cm³/mol. The highest BCUT2D eigenvalue weighted by Gasteiger charge is 2.29. The van der Waals surface area contributed by atoms with Gasteiger partial charge in [-0.3, -0.25) is 4.79 Å². The third-order valence-corrected chi connectivity index (χ3v) is 4.19. The van der Waals surface area contributed by atoms with Crippen molar-refractivity contribution in [3.05, 3.63) is 65.2 Å². The molecule has 0 aliphatic carbocycles. The highest BCUT2D eigenvalue weighted by molar-refractivity contribution is 5.82. The average molecular weight is 396 g/mol. The highest BCUT2D eigenvalue weighted by atomic mass is 19.4. The van der Waals surface area contributed by atoms with Crippen LogP contribution in [0.2, 0.25) is 0 Å². The number of amides is 1. The lowest BCUT2D eigenvalue weighted by Gasteiger charge is -2.17. The van der Waals surface area contributed by atoms with E-state index in [9.17, 15) is 23.1 Å². The number of carbonyl (C=O) groups excluding carboxylic acids is 1. The topological polar surface area (TPSA) is 84.6 Å². The normalized spacial score (nSPS) is 13.6. The largest absolute Gasteiger partial charge is 0.489 e. The molecule has 28 heavy (non-hydrogen) atoms. The van der Waals surface area contributed by atoms with Gasteiger partial charge in [0.2, 0.25) is 5.91 Å². The van der Waals surface area contributed by atoms with Crippen LogP contribution in [0.1, 0.15) is 30.0 Å². The van der Waals surface area contributed by atoms with Crippen molar-refractivity contribution in [2.24, 2.45) is 5.73 Å². The number of halogens is 3. The minimum Gasteiger partial charge on any atom is -0.489 e. The smallest absolute Gasteiger partial charge is 0.416 e. The number of aliphatic hydroxyl groups is 1. The van der Waals surface area contributed by atoms with E-state index in [0.29, 0.717) is 17.7 Å². The van der Waals surface area contributed by atoms with Gasteiger partial charge in [0.15, 0.2) is 0 Å². The number of nitrogens with two attached hydrogens (primary N) is 1. The first-order valence-corrected chi connectivity index (χ1v) is 8.80. The van der Waals surface area contributed by atoms with E-state index >= 15 is 0 Å². The molecule has 0 spiro atoms. The minimum absolute atomic E-state index is 0.113. The summed E-state index contributed by atoms with van der Waals surface area (Å²) in [6, 6.07) is 10.7. The Labute approximate surface area is 161 Å². The molecule has 152 valence electrons. The average Bonchev–Trinajstić information content (AvgIpc) is 2.69. The summed E-state index contributed by atoms with van der Waals surface area (Å²) in [5.74, 6) is 0.0648. The molecule has 0 radical (unpaired) electrons. The summed E-state index contributed by atoms with van der Waals surface area (Å²) in [4.78, 5) is 11.9. The molecule has 4 N–H and O–H groups in total. The summed E-state index contributed by atoms with van der Waals surface area (Å²) in [5.41, 5.74) is 6.31. The lowest BCUT2D eigenvalue weighted by atomic mass is 10.1. The van der Waals surface area contributed by atoms with Crippen molar-refractivity contribution in [1.29, 1.82) is 0 Å². The number of hydrogen-bond donors (Lipinski definition) is 3. The van der Waals surface area contributed by atoms with Gasteiger partial charge in [-0.05, 0) is 41.8 Å². The molecule has 2 atom stereocenters. The van der Waals surface area contributed by atoms with Gasteiger partial charge in [-0.2, -0.15) is 13.2 Å². The Morgan fingerprint density at radius 2 is 1.86 bits per heavy atom. The molecule has 0 aromatic heterocycles. The van der Waals surface area contributed by atoms with Crippen molar-refractivity contribution in [2.45, 2.75) is 44.8 Å². The molecular formula is C20H23F3N2O3. The molecule has 0 aliphatic rings. The number of carbonyl (C=O) groups is 1. The van der Waals surface area contributed by atoms with E-state index in [1.54, 1.807) is 31.2 Å². The molecule has 0 heterocycles. The van der Waals surface area contributed by atoms with Crippen molar-refractivity contribution in [3.8, 4) is 5.75 Å². The Kier molecular flexibility index (Phi) is 7.42. The van der Waals surface area contributed by atoms with Crippen LogP contribution in [0.15, 0.2) is 48.5 Å². The van der Waals surface area contributed by atoms with Gasteiger partial charge in [-0.25, -0.2) is 0 Å². The molecule has 2 rings (SSSR count).